The highest BCUT2D eigenvalue weighted by atomic mass is 32.2. The fourth-order valence-corrected chi connectivity index (χ4v) is 3.70. The first kappa shape index (κ1) is 15.4. The van der Waals surface area contributed by atoms with Gasteiger partial charge in [-0.2, -0.15) is 0 Å². The molecule has 0 aromatic carbocycles. The molecule has 6 heteroatoms. The number of nitrogens with one attached hydrogen (secondary N) is 1. The molecular weight excluding hydrogens is 254 g/mol. The van der Waals surface area contributed by atoms with Crippen LogP contribution in [0.4, 0.5) is 0 Å². The number of carbonyl (C=O) groups is 1. The first-order valence-corrected chi connectivity index (χ1v) is 8.31. The molecule has 0 saturated heterocycles. The fourth-order valence-electron chi connectivity index (χ4n) is 2.42. The lowest BCUT2D eigenvalue weighted by Crippen LogP contribution is -2.38. The average Bonchev–Trinajstić information content (AvgIpc) is 2.34. The van der Waals surface area contributed by atoms with Crippen LogP contribution in [0.2, 0.25) is 0 Å². The molecule has 0 aliphatic heterocycles. The molecule has 18 heavy (non-hydrogen) atoms. The van der Waals surface area contributed by atoms with E-state index in [1.807, 2.05) is 6.92 Å². The van der Waals surface area contributed by atoms with E-state index in [0.29, 0.717) is 12.8 Å². The van der Waals surface area contributed by atoms with Crippen LogP contribution in [0.3, 0.4) is 0 Å². The summed E-state index contributed by atoms with van der Waals surface area (Å²) in [5, 5.41) is 9.10. The van der Waals surface area contributed by atoms with Gasteiger partial charge in [-0.1, -0.05) is 26.2 Å². The molecule has 0 aromatic heterocycles. The molecule has 1 fully saturated rings. The van der Waals surface area contributed by atoms with Crippen molar-refractivity contribution in [2.75, 3.05) is 12.3 Å². The smallest absolute Gasteiger partial charge is 0.306 e. The Morgan fingerprint density at radius 3 is 2.61 bits per heavy atom. The van der Waals surface area contributed by atoms with Gasteiger partial charge in [-0.25, -0.2) is 13.1 Å². The van der Waals surface area contributed by atoms with E-state index in [9.17, 15) is 13.2 Å². The van der Waals surface area contributed by atoms with Gasteiger partial charge in [-0.05, 0) is 25.2 Å². The van der Waals surface area contributed by atoms with E-state index >= 15 is 0 Å². The normalized spacial score (nSPS) is 24.9. The van der Waals surface area contributed by atoms with Crippen LogP contribution in [-0.2, 0) is 14.8 Å². The molecule has 5 nitrogen and oxygen atoms in total. The van der Waals surface area contributed by atoms with Crippen LogP contribution in [-0.4, -0.2) is 31.8 Å². The molecule has 1 saturated carbocycles. The van der Waals surface area contributed by atoms with Gasteiger partial charge in [0, 0.05) is 6.54 Å². The Hall–Kier alpha value is -0.620. The molecule has 0 radical (unpaired) electrons. The summed E-state index contributed by atoms with van der Waals surface area (Å²) < 4.78 is 25.9. The summed E-state index contributed by atoms with van der Waals surface area (Å²) in [4.78, 5) is 11.1. The minimum atomic E-state index is -3.24. The Morgan fingerprint density at radius 1 is 1.33 bits per heavy atom. The number of carboxylic acid groups (broad SMARTS) is 1. The zero-order valence-corrected chi connectivity index (χ0v) is 11.7. The van der Waals surface area contributed by atoms with Gasteiger partial charge in [-0.15, -0.1) is 0 Å². The fraction of sp³-hybridized carbons (Fsp3) is 0.917. The Balaban J connectivity index is 2.47. The van der Waals surface area contributed by atoms with Crippen molar-refractivity contribution in [3.05, 3.63) is 0 Å². The summed E-state index contributed by atoms with van der Waals surface area (Å²) in [5.74, 6) is -1.12. The highest BCUT2D eigenvalue weighted by Gasteiger charge is 2.31. The van der Waals surface area contributed by atoms with Crippen molar-refractivity contribution in [2.45, 2.75) is 45.4 Å². The molecule has 106 valence electrons. The minimum absolute atomic E-state index is 0.0624. The minimum Gasteiger partial charge on any atom is -0.481 e. The molecule has 1 aliphatic carbocycles. The summed E-state index contributed by atoms with van der Waals surface area (Å²) in [7, 11) is -3.24. The van der Waals surface area contributed by atoms with E-state index in [1.54, 1.807) is 0 Å². The van der Waals surface area contributed by atoms with E-state index in [2.05, 4.69) is 4.72 Å². The van der Waals surface area contributed by atoms with Gasteiger partial charge in [0.2, 0.25) is 10.0 Å². The van der Waals surface area contributed by atoms with Crippen LogP contribution in [0.25, 0.3) is 0 Å². The molecule has 2 atom stereocenters. The predicted octanol–water partition coefficient (Wildman–Crippen LogP) is 1.60. The van der Waals surface area contributed by atoms with Gasteiger partial charge in [0.1, 0.15) is 0 Å². The van der Waals surface area contributed by atoms with Gasteiger partial charge in [0.05, 0.1) is 11.7 Å². The third-order valence-electron chi connectivity index (χ3n) is 3.56. The molecule has 0 heterocycles. The highest BCUT2D eigenvalue weighted by Crippen LogP contribution is 2.29. The second kappa shape index (κ2) is 7.09. The first-order chi connectivity index (χ1) is 8.46. The Morgan fingerprint density at radius 2 is 2.00 bits per heavy atom. The highest BCUT2D eigenvalue weighted by molar-refractivity contribution is 7.89. The van der Waals surface area contributed by atoms with Crippen LogP contribution in [0.15, 0.2) is 0 Å². The van der Waals surface area contributed by atoms with Gasteiger partial charge in [0.15, 0.2) is 0 Å². The molecule has 0 unspecified atom stereocenters. The number of aliphatic carboxylic acids is 1. The Labute approximate surface area is 109 Å². The number of sulfonamides is 1. The summed E-state index contributed by atoms with van der Waals surface area (Å²) >= 11 is 0. The molecule has 0 amide bonds. The van der Waals surface area contributed by atoms with Crippen LogP contribution in [0.5, 0.6) is 0 Å². The second-order valence-electron chi connectivity index (χ2n) is 5.01. The summed E-state index contributed by atoms with van der Waals surface area (Å²) in [6.45, 7) is 2.21. The maximum Gasteiger partial charge on any atom is 0.306 e. The monoisotopic (exact) mass is 277 g/mol. The summed E-state index contributed by atoms with van der Waals surface area (Å²) in [6, 6.07) is 0. The summed E-state index contributed by atoms with van der Waals surface area (Å²) in [5.41, 5.74) is 0. The lowest BCUT2D eigenvalue weighted by molar-refractivity contribution is -0.144. The number of unbranched alkanes of at least 4 members (excludes halogenated alkanes) is 1. The van der Waals surface area contributed by atoms with Crippen LogP contribution in [0, 0.1) is 11.8 Å². The van der Waals surface area contributed by atoms with Crippen LogP contribution in [0.1, 0.15) is 45.4 Å². The zero-order chi connectivity index (χ0) is 13.6. The maximum atomic E-state index is 11.7. The molecule has 1 aliphatic rings. The predicted molar refractivity (Wildman–Crippen MR) is 69.8 cm³/mol. The van der Waals surface area contributed by atoms with E-state index in [-0.39, 0.29) is 18.2 Å². The van der Waals surface area contributed by atoms with E-state index < -0.39 is 21.9 Å². The van der Waals surface area contributed by atoms with E-state index in [1.165, 1.54) is 0 Å². The molecule has 0 aromatic rings. The molecular formula is C12H23NO4S. The molecule has 0 spiro atoms. The SMILES string of the molecule is CCCCS(=O)(=O)NC[C@@H]1CCCC[C@@H]1C(=O)O. The maximum absolute atomic E-state index is 11.7. The Bertz CT molecular complexity index is 366. The average molecular weight is 277 g/mol. The molecule has 1 rings (SSSR count). The summed E-state index contributed by atoms with van der Waals surface area (Å²) in [6.07, 6.45) is 4.86. The quantitative estimate of drug-likeness (QED) is 0.740. The lowest BCUT2D eigenvalue weighted by Gasteiger charge is -2.28. The van der Waals surface area contributed by atoms with Crippen molar-refractivity contribution in [3.8, 4) is 0 Å². The zero-order valence-electron chi connectivity index (χ0n) is 10.9. The second-order valence-corrected chi connectivity index (χ2v) is 6.94. The van der Waals surface area contributed by atoms with Gasteiger partial charge < -0.3 is 5.11 Å². The molecule has 2 N–H and O–H groups in total. The first-order valence-electron chi connectivity index (χ1n) is 6.66. The number of hydrogen-bond donors (Lipinski definition) is 2. The van der Waals surface area contributed by atoms with E-state index in [0.717, 1.165) is 25.7 Å². The number of carboxylic acids is 1. The Kier molecular flexibility index (Phi) is 6.08. The van der Waals surface area contributed by atoms with Gasteiger partial charge in [0.25, 0.3) is 0 Å². The van der Waals surface area contributed by atoms with Gasteiger partial charge >= 0.3 is 5.97 Å². The molecule has 0 bridgehead atoms. The van der Waals surface area contributed by atoms with Crippen molar-refractivity contribution in [2.24, 2.45) is 11.8 Å². The van der Waals surface area contributed by atoms with Gasteiger partial charge in [-0.3, -0.25) is 4.79 Å². The van der Waals surface area contributed by atoms with E-state index in [4.69, 9.17) is 5.11 Å². The van der Waals surface area contributed by atoms with Crippen LogP contribution < -0.4 is 4.72 Å². The topological polar surface area (TPSA) is 83.5 Å². The largest absolute Gasteiger partial charge is 0.481 e. The third-order valence-corrected chi connectivity index (χ3v) is 4.99. The van der Waals surface area contributed by atoms with Crippen molar-refractivity contribution < 1.29 is 18.3 Å². The lowest BCUT2D eigenvalue weighted by atomic mass is 9.79. The van der Waals surface area contributed by atoms with Crippen molar-refractivity contribution in [3.63, 3.8) is 0 Å². The van der Waals surface area contributed by atoms with Crippen molar-refractivity contribution in [1.29, 1.82) is 0 Å². The van der Waals surface area contributed by atoms with Crippen molar-refractivity contribution in [1.82, 2.24) is 4.72 Å². The number of hydrogen-bond acceptors (Lipinski definition) is 3. The standard InChI is InChI=1S/C12H23NO4S/c1-2-3-8-18(16,17)13-9-10-6-4-5-7-11(10)12(14)15/h10-11,13H,2-9H2,1H3,(H,14,15)/t10-,11-/m0/s1. The van der Waals surface area contributed by atoms with Crippen molar-refractivity contribution >= 4 is 16.0 Å². The third kappa shape index (κ3) is 4.94. The van der Waals surface area contributed by atoms with Crippen LogP contribution >= 0.6 is 0 Å². The number of rotatable bonds is 7.